The number of piperidine rings is 1. The Labute approximate surface area is 241 Å². The molecule has 5 rings (SSSR count). The lowest BCUT2D eigenvalue weighted by Gasteiger charge is -2.27. The molecular formula is C28H31ClFN4O6P. The van der Waals surface area contributed by atoms with E-state index < -0.39 is 25.4 Å². The number of aromatic nitrogens is 1. The number of rotatable bonds is 9. The maximum absolute atomic E-state index is 14.4. The fraction of sp³-hybridized carbons (Fsp3) is 0.393. The topological polar surface area (TPSA) is 132 Å². The highest BCUT2D eigenvalue weighted by molar-refractivity contribution is 7.60. The Morgan fingerprint density at radius 3 is 2.59 bits per heavy atom. The van der Waals surface area contributed by atoms with Crippen molar-refractivity contribution < 1.29 is 33.1 Å². The van der Waals surface area contributed by atoms with Crippen LogP contribution in [0.1, 0.15) is 35.7 Å². The molecule has 1 saturated heterocycles. The molecule has 3 atom stereocenters. The second kappa shape index (κ2) is 10.6. The number of nitrogens with zero attached hydrogens (tertiary/aromatic N) is 3. The Hall–Kier alpha value is -3.08. The van der Waals surface area contributed by atoms with Gasteiger partial charge in [-0.2, -0.15) is 0 Å². The van der Waals surface area contributed by atoms with E-state index in [9.17, 15) is 33.1 Å². The van der Waals surface area contributed by atoms with Crippen LogP contribution in [0, 0.1) is 11.2 Å². The first-order valence-corrected chi connectivity index (χ1v) is 15.1. The second-order valence-electron chi connectivity index (χ2n) is 11.2. The highest BCUT2D eigenvalue weighted by Gasteiger charge is 2.67. The Balaban J connectivity index is 1.44. The van der Waals surface area contributed by atoms with E-state index in [1.54, 1.807) is 11.0 Å². The lowest BCUT2D eigenvalue weighted by Crippen LogP contribution is -2.48. The van der Waals surface area contributed by atoms with Crippen molar-refractivity contribution in [3.8, 4) is 0 Å². The van der Waals surface area contributed by atoms with Crippen LogP contribution in [0.3, 0.4) is 0 Å². The van der Waals surface area contributed by atoms with Gasteiger partial charge in [0, 0.05) is 47.3 Å². The molecular weight excluding hydrogens is 574 g/mol. The van der Waals surface area contributed by atoms with Gasteiger partial charge in [-0.15, -0.1) is 0 Å². The van der Waals surface area contributed by atoms with Crippen LogP contribution in [0.4, 0.5) is 4.39 Å². The number of halogens is 2. The van der Waals surface area contributed by atoms with Gasteiger partial charge in [0.1, 0.15) is 18.4 Å². The number of ketones is 1. The number of amides is 2. The molecule has 3 aromatic rings. The first-order chi connectivity index (χ1) is 19.2. The Bertz CT molecular complexity index is 1620. The molecule has 41 heavy (non-hydrogen) atoms. The molecule has 0 spiro atoms. The summed E-state index contributed by atoms with van der Waals surface area (Å²) in [6, 6.07) is 7.60. The molecule has 2 unspecified atom stereocenters. The van der Waals surface area contributed by atoms with E-state index in [0.29, 0.717) is 29.4 Å². The summed E-state index contributed by atoms with van der Waals surface area (Å²) in [5, 5.41) is 2.95. The van der Waals surface area contributed by atoms with Gasteiger partial charge in [0.2, 0.25) is 11.8 Å². The van der Waals surface area contributed by atoms with Crippen molar-refractivity contribution in [3.05, 3.63) is 64.6 Å². The Morgan fingerprint density at radius 1 is 1.20 bits per heavy atom. The van der Waals surface area contributed by atoms with Crippen LogP contribution in [-0.4, -0.2) is 74.5 Å². The number of fused-ring (bicyclic) bond motifs is 2. The van der Waals surface area contributed by atoms with Gasteiger partial charge in [-0.25, -0.2) is 4.39 Å². The van der Waals surface area contributed by atoms with Crippen molar-refractivity contribution in [1.82, 2.24) is 19.7 Å². The van der Waals surface area contributed by atoms with Gasteiger partial charge < -0.3 is 29.5 Å². The van der Waals surface area contributed by atoms with Gasteiger partial charge >= 0.3 is 7.60 Å². The summed E-state index contributed by atoms with van der Waals surface area (Å²) in [5.74, 6) is -1.65. The SMILES string of the molecule is CC(=O)c1cn(CC(=O)N2C3CC3(CN(C)C)C[C@H]2C(=O)NCc2cccc(Cl)c2F)c2cc(P(=O)(O)O)ccc12. The molecule has 0 radical (unpaired) electrons. The van der Waals surface area contributed by atoms with Crippen molar-refractivity contribution in [2.24, 2.45) is 5.41 Å². The van der Waals surface area contributed by atoms with Gasteiger partial charge in [0.25, 0.3) is 0 Å². The number of Topliss-reactive ketones (excluding diaryl/α,β-unsaturated/α-hetero) is 1. The van der Waals surface area contributed by atoms with Crippen molar-refractivity contribution in [1.29, 1.82) is 0 Å². The van der Waals surface area contributed by atoms with E-state index >= 15 is 0 Å². The van der Waals surface area contributed by atoms with E-state index in [1.165, 1.54) is 48.0 Å². The van der Waals surface area contributed by atoms with Gasteiger partial charge in [0.15, 0.2) is 5.78 Å². The Morgan fingerprint density at radius 2 is 1.93 bits per heavy atom. The maximum atomic E-state index is 14.4. The monoisotopic (exact) mass is 604 g/mol. The second-order valence-corrected chi connectivity index (χ2v) is 13.3. The average Bonchev–Trinajstić information content (AvgIpc) is 3.28. The standard InChI is InChI=1S/C28H31ClFN4O6P/c1-16(35)20-13-33(22-9-18(41(38,39)40)7-8-19(20)22)14-25(36)34-23(10-28(11-24(28)34)15-32(2)3)27(37)31-12-17-5-4-6-21(29)26(17)30/h4-9,13,23-24H,10-12,14-15H2,1-3H3,(H,31,37)(H2,38,39,40)/t23-,24?,28?/m0/s1. The zero-order chi connectivity index (χ0) is 29.9. The number of hydrogen-bond donors (Lipinski definition) is 3. The normalized spacial score (nSPS) is 21.8. The maximum Gasteiger partial charge on any atom is 0.356 e. The molecule has 2 amide bonds. The Kier molecular flexibility index (Phi) is 7.63. The minimum atomic E-state index is -4.59. The molecule has 2 heterocycles. The van der Waals surface area contributed by atoms with Crippen molar-refractivity contribution in [3.63, 3.8) is 0 Å². The van der Waals surface area contributed by atoms with Gasteiger partial charge in [-0.3, -0.25) is 18.9 Å². The predicted molar refractivity (Wildman–Crippen MR) is 152 cm³/mol. The first-order valence-electron chi connectivity index (χ1n) is 13.1. The van der Waals surface area contributed by atoms with E-state index in [-0.39, 0.29) is 52.1 Å². The van der Waals surface area contributed by atoms with Gasteiger partial charge in [-0.05, 0) is 52.1 Å². The summed E-state index contributed by atoms with van der Waals surface area (Å²) >= 11 is 5.87. The third-order valence-electron chi connectivity index (χ3n) is 8.01. The molecule has 2 fully saturated rings. The smallest absolute Gasteiger partial charge is 0.350 e. The largest absolute Gasteiger partial charge is 0.356 e. The number of carbonyl (C=O) groups is 3. The fourth-order valence-electron chi connectivity index (χ4n) is 6.16. The van der Waals surface area contributed by atoms with Gasteiger partial charge in [-0.1, -0.05) is 29.8 Å². The molecule has 2 aliphatic rings. The highest BCUT2D eigenvalue weighted by atomic mass is 35.5. The molecule has 10 nitrogen and oxygen atoms in total. The minimum Gasteiger partial charge on any atom is -0.350 e. The quantitative estimate of drug-likeness (QED) is 0.253. The zero-order valence-electron chi connectivity index (χ0n) is 22.8. The molecule has 0 bridgehead atoms. The average molecular weight is 605 g/mol. The van der Waals surface area contributed by atoms with Crippen molar-refractivity contribution >= 4 is 53.0 Å². The summed E-state index contributed by atoms with van der Waals surface area (Å²) < 4.78 is 27.8. The van der Waals surface area contributed by atoms with Crippen LogP contribution in [0.15, 0.2) is 42.6 Å². The lowest BCUT2D eigenvalue weighted by atomic mass is 9.98. The summed E-state index contributed by atoms with van der Waals surface area (Å²) in [4.78, 5) is 62.6. The molecule has 1 saturated carbocycles. The van der Waals surface area contributed by atoms with E-state index in [1.807, 2.05) is 19.0 Å². The van der Waals surface area contributed by atoms with Gasteiger partial charge in [0.05, 0.1) is 15.8 Å². The van der Waals surface area contributed by atoms with Crippen LogP contribution in [0.25, 0.3) is 10.9 Å². The van der Waals surface area contributed by atoms with Crippen LogP contribution in [-0.2, 0) is 27.2 Å². The molecule has 3 N–H and O–H groups in total. The van der Waals surface area contributed by atoms with Crippen molar-refractivity contribution in [2.75, 3.05) is 20.6 Å². The molecule has 1 aromatic heterocycles. The zero-order valence-corrected chi connectivity index (χ0v) is 24.5. The predicted octanol–water partition coefficient (Wildman–Crippen LogP) is 2.68. The first kappa shape index (κ1) is 29.4. The molecule has 1 aliphatic heterocycles. The van der Waals surface area contributed by atoms with Crippen LogP contribution in [0.5, 0.6) is 0 Å². The minimum absolute atomic E-state index is 0.0496. The molecule has 1 aliphatic carbocycles. The third-order valence-corrected chi connectivity index (χ3v) is 9.25. The third kappa shape index (κ3) is 5.57. The van der Waals surface area contributed by atoms with Crippen LogP contribution in [0.2, 0.25) is 5.02 Å². The number of hydrogen-bond acceptors (Lipinski definition) is 5. The molecule has 13 heteroatoms. The number of carbonyl (C=O) groups excluding carboxylic acids is 3. The summed E-state index contributed by atoms with van der Waals surface area (Å²) in [6.07, 6.45) is 2.68. The summed E-state index contributed by atoms with van der Waals surface area (Å²) in [7, 11) is -0.727. The van der Waals surface area contributed by atoms with E-state index in [4.69, 9.17) is 11.6 Å². The van der Waals surface area contributed by atoms with Crippen LogP contribution < -0.4 is 10.6 Å². The molecule has 2 aromatic carbocycles. The fourth-order valence-corrected chi connectivity index (χ4v) is 6.91. The van der Waals surface area contributed by atoms with Crippen LogP contribution >= 0.6 is 19.2 Å². The lowest BCUT2D eigenvalue weighted by molar-refractivity contribution is -0.140. The highest BCUT2D eigenvalue weighted by Crippen LogP contribution is 2.59. The summed E-state index contributed by atoms with van der Waals surface area (Å²) in [5.41, 5.74) is 0.625. The van der Waals surface area contributed by atoms with E-state index in [0.717, 1.165) is 6.42 Å². The van der Waals surface area contributed by atoms with Crippen molar-refractivity contribution in [2.45, 2.75) is 44.9 Å². The van der Waals surface area contributed by atoms with E-state index in [2.05, 4.69) is 5.32 Å². The summed E-state index contributed by atoms with van der Waals surface area (Å²) in [6.45, 7) is 1.72. The number of likely N-dealkylation sites (tertiary alicyclic amines) is 1. The number of nitrogens with one attached hydrogen (secondary N) is 1. The molecule has 218 valence electrons. The number of benzene rings is 2.